The molecular formula is C9H8N2O3. The summed E-state index contributed by atoms with van der Waals surface area (Å²) in [5.74, 6) is -1.06. The van der Waals surface area contributed by atoms with Crippen LogP contribution in [0.25, 0.3) is 6.08 Å². The molecule has 0 spiro atoms. The molecule has 0 aromatic carbocycles. The number of ketones is 1. The molecule has 5 nitrogen and oxygen atoms in total. The topological polar surface area (TPSA) is 76.6 Å². The molecule has 0 saturated heterocycles. The highest BCUT2D eigenvalue weighted by atomic mass is 16.5. The van der Waals surface area contributed by atoms with Gasteiger partial charge in [-0.3, -0.25) is 10.0 Å². The van der Waals surface area contributed by atoms with E-state index in [1.807, 2.05) is 0 Å². The monoisotopic (exact) mass is 192 g/mol. The maximum absolute atomic E-state index is 11.2. The maximum atomic E-state index is 11.2. The highest BCUT2D eigenvalue weighted by Gasteiger charge is 2.26. The lowest BCUT2D eigenvalue weighted by molar-refractivity contribution is -0.116. The van der Waals surface area contributed by atoms with Crippen LogP contribution in [0.5, 0.6) is 0 Å². The molecule has 1 aliphatic rings. The molecule has 2 rings (SSSR count). The number of hydrogen-bond acceptors (Lipinski definition) is 4. The number of H-pyrrole nitrogens is 1. The third kappa shape index (κ3) is 1.29. The molecule has 5 heteroatoms. The molecule has 3 N–H and O–H groups in total. The van der Waals surface area contributed by atoms with E-state index >= 15 is 0 Å². The Morgan fingerprint density at radius 3 is 2.79 bits per heavy atom. The standard InChI is InChI=1S/C9H8N2O3/c12-8-5-11(14)7(9(8)13)4-6-2-1-3-10-6/h1-5,10,12,14H/b7-4-. The van der Waals surface area contributed by atoms with Crippen LogP contribution >= 0.6 is 0 Å². The third-order valence-corrected chi connectivity index (χ3v) is 1.87. The zero-order valence-corrected chi connectivity index (χ0v) is 7.14. The zero-order chi connectivity index (χ0) is 10.1. The summed E-state index contributed by atoms with van der Waals surface area (Å²) in [7, 11) is 0. The first-order valence-electron chi connectivity index (χ1n) is 3.97. The van der Waals surface area contributed by atoms with Gasteiger partial charge in [0.1, 0.15) is 5.70 Å². The fourth-order valence-electron chi connectivity index (χ4n) is 1.19. The van der Waals surface area contributed by atoms with Gasteiger partial charge in [-0.1, -0.05) is 0 Å². The van der Waals surface area contributed by atoms with Crippen LogP contribution in [-0.2, 0) is 4.79 Å². The van der Waals surface area contributed by atoms with Gasteiger partial charge in [-0.05, 0) is 18.2 Å². The van der Waals surface area contributed by atoms with Gasteiger partial charge in [-0.2, -0.15) is 0 Å². The van der Waals surface area contributed by atoms with Crippen molar-refractivity contribution in [2.75, 3.05) is 0 Å². The smallest absolute Gasteiger partial charge is 0.247 e. The summed E-state index contributed by atoms with van der Waals surface area (Å²) < 4.78 is 0. The zero-order valence-electron chi connectivity index (χ0n) is 7.14. The van der Waals surface area contributed by atoms with E-state index < -0.39 is 11.5 Å². The summed E-state index contributed by atoms with van der Waals surface area (Å²) >= 11 is 0. The van der Waals surface area contributed by atoms with Gasteiger partial charge in [0.15, 0.2) is 5.76 Å². The summed E-state index contributed by atoms with van der Waals surface area (Å²) in [6, 6.07) is 3.50. The quantitative estimate of drug-likeness (QED) is 0.581. The fraction of sp³-hybridized carbons (Fsp3) is 0. The number of nitrogens with zero attached hydrogens (tertiary/aromatic N) is 1. The molecule has 0 fully saturated rings. The van der Waals surface area contributed by atoms with Crippen LogP contribution in [0.4, 0.5) is 0 Å². The number of hydroxylamine groups is 2. The van der Waals surface area contributed by atoms with E-state index in [4.69, 9.17) is 5.11 Å². The predicted molar refractivity (Wildman–Crippen MR) is 48.1 cm³/mol. The number of Topliss-reactive ketones (excluding diaryl/α,β-unsaturated/α-hetero) is 1. The van der Waals surface area contributed by atoms with Gasteiger partial charge in [0.2, 0.25) is 5.78 Å². The normalized spacial score (nSPS) is 19.2. The molecule has 0 atom stereocenters. The molecule has 0 bridgehead atoms. The van der Waals surface area contributed by atoms with E-state index in [0.717, 1.165) is 6.20 Å². The Morgan fingerprint density at radius 2 is 2.29 bits per heavy atom. The summed E-state index contributed by atoms with van der Waals surface area (Å²) in [6.45, 7) is 0. The molecule has 0 aliphatic carbocycles. The lowest BCUT2D eigenvalue weighted by Crippen LogP contribution is -2.11. The number of aromatic nitrogens is 1. The minimum Gasteiger partial charge on any atom is -0.503 e. The van der Waals surface area contributed by atoms with Crippen molar-refractivity contribution in [1.29, 1.82) is 0 Å². The van der Waals surface area contributed by atoms with Gasteiger partial charge < -0.3 is 10.1 Å². The highest BCUT2D eigenvalue weighted by Crippen LogP contribution is 2.19. The second-order valence-electron chi connectivity index (χ2n) is 2.84. The first-order chi connectivity index (χ1) is 6.68. The van der Waals surface area contributed by atoms with E-state index in [9.17, 15) is 10.0 Å². The summed E-state index contributed by atoms with van der Waals surface area (Å²) in [5, 5.41) is 18.8. The van der Waals surface area contributed by atoms with Gasteiger partial charge in [-0.15, -0.1) is 0 Å². The SMILES string of the molecule is O=C1C(O)=CN(O)/C1=C\c1ccc[nH]1. The number of aliphatic hydroxyl groups is 1. The Morgan fingerprint density at radius 1 is 1.50 bits per heavy atom. The van der Waals surface area contributed by atoms with Crippen LogP contribution in [0.1, 0.15) is 5.69 Å². The predicted octanol–water partition coefficient (Wildman–Crippen LogP) is 1.03. The third-order valence-electron chi connectivity index (χ3n) is 1.87. The molecule has 0 unspecified atom stereocenters. The van der Waals surface area contributed by atoms with Crippen molar-refractivity contribution >= 4 is 11.9 Å². The van der Waals surface area contributed by atoms with Crippen molar-refractivity contribution in [2.24, 2.45) is 0 Å². The van der Waals surface area contributed by atoms with Gasteiger partial charge in [-0.25, -0.2) is 5.06 Å². The number of rotatable bonds is 1. The highest BCUT2D eigenvalue weighted by molar-refractivity contribution is 6.10. The van der Waals surface area contributed by atoms with Crippen LogP contribution in [0.2, 0.25) is 0 Å². The largest absolute Gasteiger partial charge is 0.503 e. The van der Waals surface area contributed by atoms with Crippen LogP contribution in [-0.4, -0.2) is 26.1 Å². The average molecular weight is 192 g/mol. The molecule has 1 aromatic rings. The fourth-order valence-corrected chi connectivity index (χ4v) is 1.19. The lowest BCUT2D eigenvalue weighted by Gasteiger charge is -2.05. The van der Waals surface area contributed by atoms with Gasteiger partial charge in [0, 0.05) is 11.9 Å². The second kappa shape index (κ2) is 3.04. The van der Waals surface area contributed by atoms with Gasteiger partial charge in [0.05, 0.1) is 6.20 Å². The molecule has 72 valence electrons. The molecule has 2 heterocycles. The van der Waals surface area contributed by atoms with Crippen molar-refractivity contribution in [2.45, 2.75) is 0 Å². The van der Waals surface area contributed by atoms with E-state index in [1.54, 1.807) is 18.3 Å². The number of carbonyl (C=O) groups is 1. The van der Waals surface area contributed by atoms with Crippen LogP contribution < -0.4 is 0 Å². The van der Waals surface area contributed by atoms with Crippen molar-refractivity contribution in [3.8, 4) is 0 Å². The molecule has 1 aliphatic heterocycles. The molecule has 0 amide bonds. The number of aliphatic hydroxyl groups excluding tert-OH is 1. The Hall–Kier alpha value is -2.01. The molecule has 0 saturated carbocycles. The van der Waals surface area contributed by atoms with Crippen LogP contribution in [0, 0.1) is 0 Å². The van der Waals surface area contributed by atoms with Crippen LogP contribution in [0.3, 0.4) is 0 Å². The second-order valence-corrected chi connectivity index (χ2v) is 2.84. The Bertz CT molecular complexity index is 417. The van der Waals surface area contributed by atoms with Crippen molar-refractivity contribution in [3.63, 3.8) is 0 Å². The minimum atomic E-state index is -0.595. The molecule has 14 heavy (non-hydrogen) atoms. The minimum absolute atomic E-state index is 0.0185. The van der Waals surface area contributed by atoms with Crippen molar-refractivity contribution in [1.82, 2.24) is 10.0 Å². The lowest BCUT2D eigenvalue weighted by atomic mass is 10.2. The van der Waals surface area contributed by atoms with E-state index in [0.29, 0.717) is 10.8 Å². The average Bonchev–Trinajstić information content (AvgIpc) is 2.71. The summed E-state index contributed by atoms with van der Waals surface area (Å²) in [5.41, 5.74) is 0.695. The van der Waals surface area contributed by atoms with E-state index in [-0.39, 0.29) is 5.70 Å². The van der Waals surface area contributed by atoms with E-state index in [1.165, 1.54) is 6.08 Å². The Kier molecular flexibility index (Phi) is 1.86. The first kappa shape index (κ1) is 8.58. The number of hydrogen-bond donors (Lipinski definition) is 3. The van der Waals surface area contributed by atoms with Gasteiger partial charge in [0.25, 0.3) is 0 Å². The van der Waals surface area contributed by atoms with Crippen molar-refractivity contribution < 1.29 is 15.1 Å². The van der Waals surface area contributed by atoms with Crippen molar-refractivity contribution in [3.05, 3.63) is 41.7 Å². The number of nitrogens with one attached hydrogen (secondary N) is 1. The Labute approximate surface area is 79.5 Å². The molecule has 1 aromatic heterocycles. The number of aromatic amines is 1. The maximum Gasteiger partial charge on any atom is 0.247 e. The van der Waals surface area contributed by atoms with Gasteiger partial charge >= 0.3 is 0 Å². The number of carbonyl (C=O) groups excluding carboxylic acids is 1. The molecule has 0 radical (unpaired) electrons. The van der Waals surface area contributed by atoms with Crippen LogP contribution in [0.15, 0.2) is 36.0 Å². The van der Waals surface area contributed by atoms with E-state index in [2.05, 4.69) is 4.98 Å². The molecular weight excluding hydrogens is 184 g/mol. The summed E-state index contributed by atoms with van der Waals surface area (Å²) in [6.07, 6.45) is 4.10. The summed E-state index contributed by atoms with van der Waals surface area (Å²) in [4.78, 5) is 14.1. The Balaban J connectivity index is 2.33. The first-order valence-corrected chi connectivity index (χ1v) is 3.97.